The fourth-order valence-electron chi connectivity index (χ4n) is 3.70. The number of carbonyl (C=O) groups excluding carboxylic acids is 4. The molecule has 212 valence electrons. The first kappa shape index (κ1) is 32.4. The normalized spacial score (nSPS) is 15.0. The highest BCUT2D eigenvalue weighted by Gasteiger charge is 2.32. The first-order valence-corrected chi connectivity index (χ1v) is 12.7. The molecule has 0 radical (unpaired) electrons. The van der Waals surface area contributed by atoms with Gasteiger partial charge in [0.2, 0.25) is 23.6 Å². The van der Waals surface area contributed by atoms with E-state index in [1.165, 1.54) is 12.1 Å². The van der Waals surface area contributed by atoms with Crippen LogP contribution < -0.4 is 27.4 Å². The number of phenols is 1. The number of carboxylic acid groups (broad SMARTS) is 1. The van der Waals surface area contributed by atoms with E-state index in [0.717, 1.165) is 0 Å². The minimum atomic E-state index is -1.18. The van der Waals surface area contributed by atoms with Crippen LogP contribution in [0.5, 0.6) is 5.75 Å². The summed E-state index contributed by atoms with van der Waals surface area (Å²) in [6.07, 6.45) is 0.638. The molecule has 0 aliphatic rings. The van der Waals surface area contributed by atoms with E-state index in [4.69, 9.17) is 11.5 Å². The fourth-order valence-corrected chi connectivity index (χ4v) is 3.70. The summed E-state index contributed by atoms with van der Waals surface area (Å²) in [6.45, 7) is 7.22. The lowest BCUT2D eigenvalue weighted by atomic mass is 9.97. The van der Waals surface area contributed by atoms with Crippen molar-refractivity contribution >= 4 is 29.6 Å². The summed E-state index contributed by atoms with van der Waals surface area (Å²) in [5.41, 5.74) is 11.6. The van der Waals surface area contributed by atoms with E-state index < -0.39 is 53.8 Å². The number of hydrogen-bond acceptors (Lipinski definition) is 7. The smallest absolute Gasteiger partial charge is 0.326 e. The molecule has 9 N–H and O–H groups in total. The SMILES string of the molecule is CCC(C)C(NC(=O)C(CC(C)C)NC(=O)C(Cc1ccc(O)cc1)NC(=O)C(N)CCC(N)=O)C(=O)O. The lowest BCUT2D eigenvalue weighted by Crippen LogP contribution is -2.58. The van der Waals surface area contributed by atoms with Crippen molar-refractivity contribution in [3.63, 3.8) is 0 Å². The highest BCUT2D eigenvalue weighted by atomic mass is 16.4. The standard InChI is InChI=1S/C26H41N5O7/c1-5-15(4)22(26(37)38)31-25(36)19(12-14(2)3)30-24(35)20(13-16-6-8-17(32)9-7-16)29-23(34)18(27)10-11-21(28)33/h6-9,14-15,18-20,22,32H,5,10-13,27H2,1-4H3,(H2,28,33)(H,29,34)(H,30,35)(H,31,36)(H,37,38). The number of aliphatic carboxylic acids is 1. The quantitative estimate of drug-likeness (QED) is 0.154. The third-order valence-electron chi connectivity index (χ3n) is 6.16. The van der Waals surface area contributed by atoms with E-state index in [1.54, 1.807) is 19.1 Å². The van der Waals surface area contributed by atoms with Gasteiger partial charge in [0.15, 0.2) is 0 Å². The minimum Gasteiger partial charge on any atom is -0.508 e. The number of aromatic hydroxyl groups is 1. The Labute approximate surface area is 222 Å². The number of amides is 4. The average molecular weight is 536 g/mol. The van der Waals surface area contributed by atoms with E-state index >= 15 is 0 Å². The van der Waals surface area contributed by atoms with Crippen molar-refractivity contribution in [1.82, 2.24) is 16.0 Å². The van der Waals surface area contributed by atoms with E-state index in [-0.39, 0.29) is 43.3 Å². The molecule has 5 unspecified atom stereocenters. The maximum atomic E-state index is 13.4. The first-order valence-electron chi connectivity index (χ1n) is 12.7. The second-order valence-electron chi connectivity index (χ2n) is 9.94. The molecule has 0 fully saturated rings. The molecule has 0 spiro atoms. The molecule has 0 saturated heterocycles. The Morgan fingerprint density at radius 2 is 1.45 bits per heavy atom. The third kappa shape index (κ3) is 11.2. The summed E-state index contributed by atoms with van der Waals surface area (Å²) >= 11 is 0. The van der Waals surface area contributed by atoms with E-state index in [9.17, 15) is 34.2 Å². The van der Waals surface area contributed by atoms with Crippen LogP contribution in [0.25, 0.3) is 0 Å². The number of benzene rings is 1. The predicted molar refractivity (Wildman–Crippen MR) is 141 cm³/mol. The topological polar surface area (TPSA) is 214 Å². The van der Waals surface area contributed by atoms with Crippen LogP contribution in [-0.4, -0.2) is 64.0 Å². The maximum Gasteiger partial charge on any atom is 0.326 e. The van der Waals surface area contributed by atoms with Gasteiger partial charge >= 0.3 is 5.97 Å². The second kappa shape index (κ2) is 15.6. The van der Waals surface area contributed by atoms with Crippen LogP contribution >= 0.6 is 0 Å². The van der Waals surface area contributed by atoms with Gasteiger partial charge in [0.25, 0.3) is 0 Å². The predicted octanol–water partition coefficient (Wildman–Crippen LogP) is 0.159. The minimum absolute atomic E-state index is 0.0146. The van der Waals surface area contributed by atoms with Gasteiger partial charge in [-0.15, -0.1) is 0 Å². The van der Waals surface area contributed by atoms with Crippen molar-refractivity contribution in [2.45, 2.75) is 84.0 Å². The van der Waals surface area contributed by atoms with Crippen molar-refractivity contribution in [2.24, 2.45) is 23.3 Å². The van der Waals surface area contributed by atoms with E-state index in [1.807, 2.05) is 20.8 Å². The van der Waals surface area contributed by atoms with Crippen LogP contribution in [0.3, 0.4) is 0 Å². The molecule has 0 aromatic heterocycles. The monoisotopic (exact) mass is 535 g/mol. The Morgan fingerprint density at radius 1 is 0.895 bits per heavy atom. The Bertz CT molecular complexity index is 967. The van der Waals surface area contributed by atoms with Crippen LogP contribution in [-0.2, 0) is 30.4 Å². The second-order valence-corrected chi connectivity index (χ2v) is 9.94. The molecular weight excluding hydrogens is 494 g/mol. The Hall–Kier alpha value is -3.67. The highest BCUT2D eigenvalue weighted by molar-refractivity contribution is 5.94. The van der Waals surface area contributed by atoms with Crippen molar-refractivity contribution in [1.29, 1.82) is 0 Å². The molecule has 0 heterocycles. The number of phenolic OH excluding ortho intramolecular Hbond substituents is 1. The van der Waals surface area contributed by atoms with Gasteiger partial charge in [0.05, 0.1) is 6.04 Å². The molecule has 12 heteroatoms. The van der Waals surface area contributed by atoms with Crippen LogP contribution in [0.4, 0.5) is 0 Å². The summed E-state index contributed by atoms with van der Waals surface area (Å²) in [5, 5.41) is 26.9. The summed E-state index contributed by atoms with van der Waals surface area (Å²) < 4.78 is 0. The lowest BCUT2D eigenvalue weighted by Gasteiger charge is -2.27. The number of carbonyl (C=O) groups is 5. The van der Waals surface area contributed by atoms with Crippen molar-refractivity contribution in [3.05, 3.63) is 29.8 Å². The van der Waals surface area contributed by atoms with Crippen molar-refractivity contribution in [3.8, 4) is 5.75 Å². The van der Waals surface area contributed by atoms with Gasteiger partial charge < -0.3 is 37.6 Å². The molecule has 1 aromatic rings. The Balaban J connectivity index is 3.15. The molecule has 4 amide bonds. The number of primary amides is 1. The maximum absolute atomic E-state index is 13.4. The summed E-state index contributed by atoms with van der Waals surface area (Å²) in [5.74, 6) is -4.14. The first-order chi connectivity index (χ1) is 17.7. The Morgan fingerprint density at radius 3 is 1.95 bits per heavy atom. The molecule has 0 aliphatic heterocycles. The number of hydrogen-bond donors (Lipinski definition) is 7. The molecule has 5 atom stereocenters. The Kier molecular flexibility index (Phi) is 13.2. The molecule has 0 bridgehead atoms. The van der Waals surface area contributed by atoms with Gasteiger partial charge in [-0.1, -0.05) is 46.2 Å². The lowest BCUT2D eigenvalue weighted by molar-refractivity contribution is -0.144. The largest absolute Gasteiger partial charge is 0.508 e. The molecule has 1 rings (SSSR count). The molecule has 0 saturated carbocycles. The van der Waals surface area contributed by atoms with Crippen molar-refractivity contribution < 1.29 is 34.2 Å². The van der Waals surface area contributed by atoms with E-state index in [2.05, 4.69) is 16.0 Å². The molecule has 0 aliphatic carbocycles. The van der Waals surface area contributed by atoms with Gasteiger partial charge in [-0.2, -0.15) is 0 Å². The summed E-state index contributed by atoms with van der Waals surface area (Å²) in [4.78, 5) is 61.9. The number of carboxylic acids is 1. The van der Waals surface area contributed by atoms with Crippen molar-refractivity contribution in [2.75, 3.05) is 0 Å². The van der Waals surface area contributed by atoms with Crippen LogP contribution in [0.2, 0.25) is 0 Å². The van der Waals surface area contributed by atoms with Gasteiger partial charge in [0, 0.05) is 12.8 Å². The highest BCUT2D eigenvalue weighted by Crippen LogP contribution is 2.14. The number of rotatable bonds is 16. The van der Waals surface area contributed by atoms with Gasteiger partial charge in [-0.05, 0) is 42.4 Å². The zero-order chi connectivity index (χ0) is 29.0. The third-order valence-corrected chi connectivity index (χ3v) is 6.16. The van der Waals surface area contributed by atoms with Crippen LogP contribution in [0.1, 0.15) is 58.9 Å². The molecule has 12 nitrogen and oxygen atoms in total. The van der Waals surface area contributed by atoms with E-state index in [0.29, 0.717) is 12.0 Å². The zero-order valence-electron chi connectivity index (χ0n) is 22.4. The zero-order valence-corrected chi connectivity index (χ0v) is 22.4. The number of nitrogens with one attached hydrogen (secondary N) is 3. The van der Waals surface area contributed by atoms with Crippen LogP contribution in [0.15, 0.2) is 24.3 Å². The average Bonchev–Trinajstić information content (AvgIpc) is 2.84. The molecule has 38 heavy (non-hydrogen) atoms. The van der Waals surface area contributed by atoms with Crippen LogP contribution in [0, 0.1) is 11.8 Å². The van der Waals surface area contributed by atoms with Gasteiger partial charge in [-0.25, -0.2) is 4.79 Å². The fraction of sp³-hybridized carbons (Fsp3) is 0.577. The molecule has 1 aromatic carbocycles. The summed E-state index contributed by atoms with van der Waals surface area (Å²) in [7, 11) is 0. The molecular formula is C26H41N5O7. The van der Waals surface area contributed by atoms with Gasteiger partial charge in [0.1, 0.15) is 23.9 Å². The van der Waals surface area contributed by atoms with Gasteiger partial charge in [-0.3, -0.25) is 19.2 Å². The number of nitrogens with two attached hydrogens (primary N) is 2. The summed E-state index contributed by atoms with van der Waals surface area (Å²) in [6, 6.07) is 1.58.